The van der Waals surface area contributed by atoms with Crippen LogP contribution in [-0.2, 0) is 32.6 Å². The maximum absolute atomic E-state index is 13.1. The molecule has 7 nitrogen and oxygen atoms in total. The van der Waals surface area contributed by atoms with Crippen LogP contribution in [0.25, 0.3) is 0 Å². The Morgan fingerprint density at radius 3 is 2.47 bits per heavy atom. The predicted octanol–water partition coefficient (Wildman–Crippen LogP) is 2.69. The number of anilines is 1. The Kier molecular flexibility index (Phi) is 8.28. The van der Waals surface area contributed by atoms with E-state index in [1.165, 1.54) is 9.87 Å². The molecule has 0 aromatic heterocycles. The van der Waals surface area contributed by atoms with Crippen LogP contribution in [0.4, 0.5) is 5.69 Å². The molecular weight excluding hydrogens is 426 g/mol. The molecule has 1 unspecified atom stereocenters. The zero-order chi connectivity index (χ0) is 23.1. The van der Waals surface area contributed by atoms with Crippen molar-refractivity contribution < 1.29 is 17.9 Å². The Balaban J connectivity index is 1.70. The largest absolute Gasteiger partial charge is 0.379 e. The first-order valence-electron chi connectivity index (χ1n) is 11.0. The minimum atomic E-state index is -3.64. The number of nitrogens with one attached hydrogen (secondary N) is 1. The van der Waals surface area contributed by atoms with Crippen LogP contribution in [0.1, 0.15) is 30.0 Å². The standard InChI is InChI=1S/C24H33N3O4S/c1-4-23(27(32(3,29)30)22-10-5-7-19(2)15-22)24(28)25-17-20-8-6-9-21(16-20)18-26-11-13-31-14-12-26/h5-10,15-16,23H,4,11-14,17-18H2,1-3H3,(H,25,28). The second kappa shape index (κ2) is 10.9. The number of hydrogen-bond acceptors (Lipinski definition) is 5. The molecule has 2 aromatic rings. The SMILES string of the molecule is CCC(C(=O)NCc1cccc(CN2CCOCC2)c1)N(c1cccc(C)c1)S(C)(=O)=O. The highest BCUT2D eigenvalue weighted by Gasteiger charge is 2.31. The number of sulfonamides is 1. The number of benzene rings is 2. The molecule has 0 bridgehead atoms. The summed E-state index contributed by atoms with van der Waals surface area (Å²) in [5, 5.41) is 2.94. The Morgan fingerprint density at radius 2 is 1.81 bits per heavy atom. The zero-order valence-electron chi connectivity index (χ0n) is 19.1. The summed E-state index contributed by atoms with van der Waals surface area (Å²) in [6, 6.07) is 14.5. The monoisotopic (exact) mass is 459 g/mol. The van der Waals surface area contributed by atoms with E-state index in [2.05, 4.69) is 22.3 Å². The van der Waals surface area contributed by atoms with E-state index < -0.39 is 16.1 Å². The van der Waals surface area contributed by atoms with Gasteiger partial charge >= 0.3 is 0 Å². The van der Waals surface area contributed by atoms with Gasteiger partial charge < -0.3 is 10.1 Å². The van der Waals surface area contributed by atoms with Crippen LogP contribution in [0, 0.1) is 6.92 Å². The molecule has 0 spiro atoms. The number of aryl methyl sites for hydroxylation is 1. The van der Waals surface area contributed by atoms with E-state index in [4.69, 9.17) is 4.74 Å². The van der Waals surface area contributed by atoms with Gasteiger partial charge in [-0.25, -0.2) is 8.42 Å². The molecule has 1 aliphatic heterocycles. The number of nitrogens with zero attached hydrogens (tertiary/aromatic N) is 2. The predicted molar refractivity (Wildman–Crippen MR) is 127 cm³/mol. The number of ether oxygens (including phenoxy) is 1. The third-order valence-electron chi connectivity index (χ3n) is 5.55. The van der Waals surface area contributed by atoms with Gasteiger partial charge in [0.1, 0.15) is 6.04 Å². The highest BCUT2D eigenvalue weighted by molar-refractivity contribution is 7.92. The molecule has 1 amide bonds. The molecule has 1 heterocycles. The Labute approximate surface area is 191 Å². The molecule has 1 aliphatic rings. The fraction of sp³-hybridized carbons (Fsp3) is 0.458. The number of amides is 1. The summed E-state index contributed by atoms with van der Waals surface area (Å²) in [5.41, 5.74) is 3.61. The molecular formula is C24H33N3O4S. The van der Waals surface area contributed by atoms with Gasteiger partial charge in [0.15, 0.2) is 0 Å². The van der Waals surface area contributed by atoms with Crippen LogP contribution in [0.2, 0.25) is 0 Å². The first-order valence-corrected chi connectivity index (χ1v) is 12.8. The molecule has 1 saturated heterocycles. The summed E-state index contributed by atoms with van der Waals surface area (Å²) >= 11 is 0. The van der Waals surface area contributed by atoms with Crippen LogP contribution in [0.15, 0.2) is 48.5 Å². The van der Waals surface area contributed by atoms with E-state index in [1.807, 2.05) is 32.0 Å². The van der Waals surface area contributed by atoms with Crippen LogP contribution in [0.3, 0.4) is 0 Å². The van der Waals surface area contributed by atoms with Crippen molar-refractivity contribution in [2.75, 3.05) is 36.9 Å². The summed E-state index contributed by atoms with van der Waals surface area (Å²) in [6.07, 6.45) is 1.50. The number of rotatable bonds is 9. The van der Waals surface area contributed by atoms with Gasteiger partial charge in [0.2, 0.25) is 15.9 Å². The zero-order valence-corrected chi connectivity index (χ0v) is 19.9. The van der Waals surface area contributed by atoms with E-state index in [-0.39, 0.29) is 5.91 Å². The fourth-order valence-corrected chi connectivity index (χ4v) is 5.19. The molecule has 174 valence electrons. The Morgan fingerprint density at radius 1 is 1.12 bits per heavy atom. The number of carbonyl (C=O) groups is 1. The summed E-state index contributed by atoms with van der Waals surface area (Å²) in [5.74, 6) is -0.307. The maximum Gasteiger partial charge on any atom is 0.244 e. The quantitative estimate of drug-likeness (QED) is 0.624. The van der Waals surface area contributed by atoms with Crippen LogP contribution >= 0.6 is 0 Å². The average Bonchev–Trinajstić information content (AvgIpc) is 2.76. The lowest BCUT2D eigenvalue weighted by Crippen LogP contribution is -2.49. The van der Waals surface area contributed by atoms with Crippen molar-refractivity contribution in [1.82, 2.24) is 10.2 Å². The van der Waals surface area contributed by atoms with Gasteiger partial charge in [-0.15, -0.1) is 0 Å². The smallest absolute Gasteiger partial charge is 0.244 e. The lowest BCUT2D eigenvalue weighted by Gasteiger charge is -2.30. The highest BCUT2D eigenvalue weighted by Crippen LogP contribution is 2.23. The average molecular weight is 460 g/mol. The van der Waals surface area contributed by atoms with Gasteiger partial charge in [-0.05, 0) is 42.2 Å². The van der Waals surface area contributed by atoms with Crippen molar-refractivity contribution in [2.45, 2.75) is 39.4 Å². The molecule has 0 saturated carbocycles. The van der Waals surface area contributed by atoms with Crippen molar-refractivity contribution >= 4 is 21.6 Å². The molecule has 1 atom stereocenters. The second-order valence-electron chi connectivity index (χ2n) is 8.25. The third-order valence-corrected chi connectivity index (χ3v) is 6.73. The second-order valence-corrected chi connectivity index (χ2v) is 10.1. The minimum Gasteiger partial charge on any atom is -0.379 e. The van der Waals surface area contributed by atoms with Crippen molar-refractivity contribution in [2.24, 2.45) is 0 Å². The molecule has 1 N–H and O–H groups in total. The maximum atomic E-state index is 13.1. The van der Waals surface area contributed by atoms with Crippen molar-refractivity contribution in [3.63, 3.8) is 0 Å². The molecule has 2 aromatic carbocycles. The van der Waals surface area contributed by atoms with Crippen molar-refractivity contribution in [1.29, 1.82) is 0 Å². The topological polar surface area (TPSA) is 79.0 Å². The van der Waals surface area contributed by atoms with E-state index in [1.54, 1.807) is 18.2 Å². The molecule has 32 heavy (non-hydrogen) atoms. The van der Waals surface area contributed by atoms with Crippen LogP contribution < -0.4 is 9.62 Å². The summed E-state index contributed by atoms with van der Waals surface area (Å²) in [4.78, 5) is 15.4. The first kappa shape index (κ1) is 24.2. The van der Waals surface area contributed by atoms with Crippen molar-refractivity contribution in [3.8, 4) is 0 Å². The van der Waals surface area contributed by atoms with Gasteiger partial charge in [0, 0.05) is 26.2 Å². The number of morpholine rings is 1. The Bertz CT molecular complexity index is 1020. The lowest BCUT2D eigenvalue weighted by atomic mass is 10.1. The summed E-state index contributed by atoms with van der Waals surface area (Å²) in [7, 11) is -3.64. The van der Waals surface area contributed by atoms with Gasteiger partial charge in [0.05, 0.1) is 25.2 Å². The normalized spacial score (nSPS) is 15.8. The fourth-order valence-electron chi connectivity index (χ4n) is 3.99. The van der Waals surface area contributed by atoms with Crippen molar-refractivity contribution in [3.05, 3.63) is 65.2 Å². The molecule has 0 radical (unpaired) electrons. The lowest BCUT2D eigenvalue weighted by molar-refractivity contribution is -0.122. The van der Waals surface area contributed by atoms with E-state index in [9.17, 15) is 13.2 Å². The summed E-state index contributed by atoms with van der Waals surface area (Å²) in [6.45, 7) is 8.25. The van der Waals surface area contributed by atoms with E-state index >= 15 is 0 Å². The van der Waals surface area contributed by atoms with Gasteiger partial charge in [-0.3, -0.25) is 14.0 Å². The van der Waals surface area contributed by atoms with E-state index in [0.29, 0.717) is 18.7 Å². The summed E-state index contributed by atoms with van der Waals surface area (Å²) < 4.78 is 31.8. The first-order chi connectivity index (χ1) is 15.3. The Hall–Kier alpha value is -2.42. The van der Waals surface area contributed by atoms with Gasteiger partial charge in [0.25, 0.3) is 0 Å². The van der Waals surface area contributed by atoms with Crippen LogP contribution in [0.5, 0.6) is 0 Å². The number of hydrogen-bond donors (Lipinski definition) is 1. The molecule has 8 heteroatoms. The minimum absolute atomic E-state index is 0.307. The molecule has 3 rings (SSSR count). The third kappa shape index (κ3) is 6.54. The van der Waals surface area contributed by atoms with Gasteiger partial charge in [-0.2, -0.15) is 0 Å². The number of carbonyl (C=O) groups excluding carboxylic acids is 1. The van der Waals surface area contributed by atoms with Gasteiger partial charge in [-0.1, -0.05) is 43.3 Å². The molecule has 0 aliphatic carbocycles. The van der Waals surface area contributed by atoms with Crippen LogP contribution in [-0.4, -0.2) is 57.8 Å². The van der Waals surface area contributed by atoms with E-state index in [0.717, 1.165) is 50.2 Å². The molecule has 1 fully saturated rings. The highest BCUT2D eigenvalue weighted by atomic mass is 32.2.